The summed E-state index contributed by atoms with van der Waals surface area (Å²) in [6.07, 6.45) is -3.20. The fourth-order valence-electron chi connectivity index (χ4n) is 3.66. The first-order valence-corrected chi connectivity index (χ1v) is 10.4. The molecule has 0 aliphatic carbocycles. The van der Waals surface area contributed by atoms with Crippen LogP contribution in [-0.2, 0) is 10.9 Å². The summed E-state index contributed by atoms with van der Waals surface area (Å²) in [5.74, 6) is -0.680. The van der Waals surface area contributed by atoms with Gasteiger partial charge >= 0.3 is 6.18 Å². The maximum Gasteiger partial charge on any atom is 0.416 e. The van der Waals surface area contributed by atoms with Crippen molar-refractivity contribution < 1.29 is 36.6 Å². The van der Waals surface area contributed by atoms with E-state index >= 15 is 0 Å². The van der Waals surface area contributed by atoms with Crippen molar-refractivity contribution in [2.75, 3.05) is 43.9 Å². The van der Waals surface area contributed by atoms with E-state index in [-0.39, 0.29) is 42.6 Å². The number of methoxy groups -OCH3 is 2. The average molecular weight is 491 g/mol. The molecular weight excluding hydrogens is 470 g/mol. The maximum atomic E-state index is 14.1. The van der Waals surface area contributed by atoms with Crippen molar-refractivity contribution >= 4 is 23.0 Å². The van der Waals surface area contributed by atoms with E-state index in [0.29, 0.717) is 11.6 Å². The van der Waals surface area contributed by atoms with Crippen LogP contribution in [0, 0.1) is 5.82 Å². The Balaban J connectivity index is 1.85. The van der Waals surface area contributed by atoms with Crippen molar-refractivity contribution in [3.63, 3.8) is 0 Å². The summed E-state index contributed by atoms with van der Waals surface area (Å²) in [6, 6.07) is 9.75. The molecule has 1 aliphatic rings. The van der Waals surface area contributed by atoms with Crippen LogP contribution in [0.25, 0.3) is 0 Å². The van der Waals surface area contributed by atoms with Crippen LogP contribution in [0.3, 0.4) is 0 Å². The average Bonchev–Trinajstić information content (AvgIpc) is 2.84. The Kier molecular flexibility index (Phi) is 6.79. The molecule has 0 N–H and O–H groups in total. The molecule has 0 radical (unpaired) electrons. The van der Waals surface area contributed by atoms with Crippen molar-refractivity contribution in [3.8, 4) is 11.6 Å². The van der Waals surface area contributed by atoms with Gasteiger partial charge < -0.3 is 19.1 Å². The van der Waals surface area contributed by atoms with Crippen molar-refractivity contribution in [1.82, 2.24) is 4.98 Å². The summed E-state index contributed by atoms with van der Waals surface area (Å²) in [6.45, 7) is 0.127. The number of anilines is 3. The minimum Gasteiger partial charge on any atom is -0.489 e. The third-order valence-corrected chi connectivity index (χ3v) is 5.37. The molecule has 1 aromatic heterocycles. The molecule has 0 fully saturated rings. The van der Waals surface area contributed by atoms with E-state index in [1.807, 2.05) is 0 Å². The first-order chi connectivity index (χ1) is 16.7. The van der Waals surface area contributed by atoms with Crippen LogP contribution in [0.4, 0.5) is 34.6 Å². The van der Waals surface area contributed by atoms with Crippen LogP contribution in [0.15, 0.2) is 54.7 Å². The molecule has 0 bridgehead atoms. The first kappa shape index (κ1) is 24.3. The van der Waals surface area contributed by atoms with E-state index in [4.69, 9.17) is 14.2 Å². The molecule has 0 atom stereocenters. The normalized spacial score (nSPS) is 13.6. The number of pyridine rings is 1. The highest BCUT2D eigenvalue weighted by atomic mass is 19.4. The molecule has 0 saturated carbocycles. The van der Waals surface area contributed by atoms with Gasteiger partial charge in [0.25, 0.3) is 5.91 Å². The van der Waals surface area contributed by atoms with Gasteiger partial charge in [0.2, 0.25) is 5.88 Å². The zero-order chi connectivity index (χ0) is 25.2. The summed E-state index contributed by atoms with van der Waals surface area (Å²) in [7, 11) is 2.92. The van der Waals surface area contributed by atoms with Crippen LogP contribution in [0.2, 0.25) is 0 Å². The van der Waals surface area contributed by atoms with Gasteiger partial charge in [-0.1, -0.05) is 0 Å². The lowest BCUT2D eigenvalue weighted by Crippen LogP contribution is -2.45. The summed E-state index contributed by atoms with van der Waals surface area (Å²) < 4.78 is 70.3. The topological polar surface area (TPSA) is 64.1 Å². The molecular formula is C24H21F4N3O4. The lowest BCUT2D eigenvalue weighted by atomic mass is 10.0. The van der Waals surface area contributed by atoms with Crippen LogP contribution in [0.1, 0.15) is 15.9 Å². The highest BCUT2D eigenvalue weighted by Crippen LogP contribution is 2.42. The molecule has 1 amide bonds. The third-order valence-electron chi connectivity index (χ3n) is 5.37. The zero-order valence-electron chi connectivity index (χ0n) is 18.8. The number of ether oxygens (including phenoxy) is 3. The number of nitrogens with zero attached hydrogens (tertiary/aromatic N) is 3. The van der Waals surface area contributed by atoms with E-state index < -0.39 is 23.5 Å². The number of carbonyl (C=O) groups excluding carboxylic acids is 1. The monoisotopic (exact) mass is 491 g/mol. The molecule has 35 heavy (non-hydrogen) atoms. The number of halogens is 4. The van der Waals surface area contributed by atoms with Crippen molar-refractivity contribution in [1.29, 1.82) is 0 Å². The number of benzene rings is 2. The van der Waals surface area contributed by atoms with Gasteiger partial charge in [0.05, 0.1) is 48.1 Å². The van der Waals surface area contributed by atoms with Crippen LogP contribution in [0.5, 0.6) is 11.6 Å². The largest absolute Gasteiger partial charge is 0.489 e. The molecule has 0 saturated heterocycles. The summed E-state index contributed by atoms with van der Waals surface area (Å²) in [4.78, 5) is 20.2. The van der Waals surface area contributed by atoms with E-state index in [1.165, 1.54) is 42.3 Å². The predicted octanol–water partition coefficient (Wildman–Crippen LogP) is 5.03. The summed E-state index contributed by atoms with van der Waals surface area (Å²) in [5, 5.41) is 0. The van der Waals surface area contributed by atoms with Gasteiger partial charge in [0.1, 0.15) is 24.8 Å². The Morgan fingerprint density at radius 1 is 0.971 bits per heavy atom. The number of hydrogen-bond acceptors (Lipinski definition) is 6. The van der Waals surface area contributed by atoms with E-state index in [2.05, 4.69) is 4.98 Å². The van der Waals surface area contributed by atoms with Crippen LogP contribution >= 0.6 is 0 Å². The number of hydrogen-bond donors (Lipinski definition) is 0. The van der Waals surface area contributed by atoms with Gasteiger partial charge in [-0.3, -0.25) is 9.69 Å². The summed E-state index contributed by atoms with van der Waals surface area (Å²) in [5.41, 5.74) is -0.187. The Labute approximate surface area is 198 Å². The Hall–Kier alpha value is -3.86. The molecule has 184 valence electrons. The molecule has 0 spiro atoms. The molecule has 11 heteroatoms. The molecule has 1 aliphatic heterocycles. The predicted molar refractivity (Wildman–Crippen MR) is 120 cm³/mol. The second kappa shape index (κ2) is 9.79. The van der Waals surface area contributed by atoms with Gasteiger partial charge in [-0.15, -0.1) is 0 Å². The second-order valence-corrected chi connectivity index (χ2v) is 7.54. The second-order valence-electron chi connectivity index (χ2n) is 7.54. The minimum absolute atomic E-state index is 0.0192. The molecule has 4 rings (SSSR count). The molecule has 7 nitrogen and oxygen atoms in total. The highest BCUT2D eigenvalue weighted by Gasteiger charge is 2.37. The maximum absolute atomic E-state index is 14.1. The first-order valence-electron chi connectivity index (χ1n) is 10.4. The van der Waals surface area contributed by atoms with Gasteiger partial charge in [-0.05, 0) is 36.4 Å². The Morgan fingerprint density at radius 3 is 2.43 bits per heavy atom. The quantitative estimate of drug-likeness (QED) is 0.341. The van der Waals surface area contributed by atoms with Crippen molar-refractivity contribution in [2.45, 2.75) is 6.18 Å². The van der Waals surface area contributed by atoms with Gasteiger partial charge in [0.15, 0.2) is 0 Å². The van der Waals surface area contributed by atoms with E-state index in [9.17, 15) is 22.4 Å². The van der Waals surface area contributed by atoms with Crippen molar-refractivity contribution in [3.05, 3.63) is 71.7 Å². The number of alkyl halides is 3. The molecule has 2 heterocycles. The summed E-state index contributed by atoms with van der Waals surface area (Å²) >= 11 is 0. The van der Waals surface area contributed by atoms with E-state index in [1.54, 1.807) is 12.1 Å². The van der Waals surface area contributed by atoms with Crippen LogP contribution in [-0.4, -0.2) is 45.0 Å². The number of aromatic nitrogens is 1. The van der Waals surface area contributed by atoms with E-state index in [0.717, 1.165) is 24.3 Å². The number of rotatable bonds is 7. The number of fused-ring (bicyclic) bond motifs is 1. The smallest absolute Gasteiger partial charge is 0.416 e. The van der Waals surface area contributed by atoms with Crippen LogP contribution < -0.4 is 19.3 Å². The zero-order valence-corrected chi connectivity index (χ0v) is 18.8. The number of carbonyl (C=O) groups is 1. The Morgan fingerprint density at radius 2 is 1.77 bits per heavy atom. The highest BCUT2D eigenvalue weighted by molar-refractivity contribution is 6.12. The standard InChI is InChI=1S/C24H21F4N3O4/c1-33-9-10-35-21-12-16(25)4-7-19(21)31-14-30(17-5-8-22(34-2)29-13-17)23(32)18-6-3-15(11-20(18)31)24(26,27)28/h3-8,11-13H,9-10,14H2,1-2H3. The molecule has 2 aromatic carbocycles. The SMILES string of the molecule is COCCOc1cc(F)ccc1N1CN(c2ccc(OC)nc2)C(=O)c2ccc(C(F)(F)F)cc21. The Bertz CT molecular complexity index is 1220. The third kappa shape index (κ3) is 4.99. The van der Waals surface area contributed by atoms with Crippen molar-refractivity contribution in [2.24, 2.45) is 0 Å². The number of amides is 1. The fraction of sp³-hybridized carbons (Fsp3) is 0.250. The molecule has 3 aromatic rings. The van der Waals surface area contributed by atoms with Gasteiger partial charge in [0, 0.05) is 19.2 Å². The fourth-order valence-corrected chi connectivity index (χ4v) is 3.66. The lowest BCUT2D eigenvalue weighted by molar-refractivity contribution is -0.137. The van der Waals surface area contributed by atoms with Gasteiger partial charge in [-0.2, -0.15) is 13.2 Å². The lowest BCUT2D eigenvalue weighted by Gasteiger charge is -2.38. The minimum atomic E-state index is -4.62. The van der Waals surface area contributed by atoms with Gasteiger partial charge in [-0.25, -0.2) is 9.37 Å². The molecule has 0 unspecified atom stereocenters.